The molecule has 1 N–H and O–H groups in total. The number of nitrogens with zero attached hydrogens (tertiary/aromatic N) is 1. The zero-order chi connectivity index (χ0) is 11.8. The van der Waals surface area contributed by atoms with Crippen molar-refractivity contribution >= 4 is 26.8 Å². The monoisotopic (exact) mass is 295 g/mol. The minimum absolute atomic E-state index is 0.174. The number of hydrogen-bond donors (Lipinski definition) is 1. The summed E-state index contributed by atoms with van der Waals surface area (Å²) >= 11 is 3.50. The predicted molar refractivity (Wildman–Crippen MR) is 69.9 cm³/mol. The van der Waals surface area contributed by atoms with Crippen molar-refractivity contribution in [3.8, 4) is 0 Å². The molecule has 2 heterocycles. The van der Waals surface area contributed by atoms with Gasteiger partial charge >= 0.3 is 0 Å². The molecular formula is C13H14BrNO2. The van der Waals surface area contributed by atoms with Crippen LogP contribution in [0.25, 0.3) is 10.9 Å². The van der Waals surface area contributed by atoms with Crippen LogP contribution in [0.15, 0.2) is 28.7 Å². The fourth-order valence-corrected chi connectivity index (χ4v) is 2.72. The number of fused-ring (bicyclic) bond motifs is 3. The van der Waals surface area contributed by atoms with Crippen LogP contribution in [-0.4, -0.2) is 22.9 Å². The number of aliphatic hydroxyl groups excluding tert-OH is 1. The third-order valence-electron chi connectivity index (χ3n) is 3.25. The molecule has 90 valence electrons. The van der Waals surface area contributed by atoms with Gasteiger partial charge in [-0.2, -0.15) is 0 Å². The highest BCUT2D eigenvalue weighted by Crippen LogP contribution is 2.27. The van der Waals surface area contributed by atoms with E-state index < -0.39 is 0 Å². The van der Waals surface area contributed by atoms with Crippen molar-refractivity contribution in [1.82, 2.24) is 4.57 Å². The SMILES string of the molecule is OCC1COCc2cc3ccc(Br)cc3n2C1. The maximum Gasteiger partial charge on any atom is 0.0868 e. The van der Waals surface area contributed by atoms with Gasteiger partial charge in [0, 0.05) is 40.1 Å². The van der Waals surface area contributed by atoms with Crippen LogP contribution in [-0.2, 0) is 17.9 Å². The smallest absolute Gasteiger partial charge is 0.0868 e. The van der Waals surface area contributed by atoms with Gasteiger partial charge in [-0.1, -0.05) is 22.0 Å². The van der Waals surface area contributed by atoms with Crippen molar-refractivity contribution in [3.05, 3.63) is 34.4 Å². The molecule has 0 spiro atoms. The molecule has 0 aliphatic carbocycles. The van der Waals surface area contributed by atoms with Crippen LogP contribution in [0.1, 0.15) is 5.69 Å². The first-order valence-corrected chi connectivity index (χ1v) is 6.53. The van der Waals surface area contributed by atoms with Crippen molar-refractivity contribution in [2.75, 3.05) is 13.2 Å². The Kier molecular flexibility index (Phi) is 2.94. The summed E-state index contributed by atoms with van der Waals surface area (Å²) < 4.78 is 8.93. The molecular weight excluding hydrogens is 282 g/mol. The number of ether oxygens (including phenoxy) is 1. The molecule has 1 aliphatic heterocycles. The normalized spacial score (nSPS) is 20.2. The van der Waals surface area contributed by atoms with Crippen LogP contribution in [0.4, 0.5) is 0 Å². The lowest BCUT2D eigenvalue weighted by atomic mass is 10.2. The van der Waals surface area contributed by atoms with Crippen molar-refractivity contribution in [2.45, 2.75) is 13.2 Å². The third-order valence-corrected chi connectivity index (χ3v) is 3.75. The molecule has 3 rings (SSSR count). The van der Waals surface area contributed by atoms with Gasteiger partial charge in [-0.15, -0.1) is 0 Å². The van der Waals surface area contributed by atoms with E-state index in [-0.39, 0.29) is 12.5 Å². The summed E-state index contributed by atoms with van der Waals surface area (Å²) in [5.41, 5.74) is 2.40. The summed E-state index contributed by atoms with van der Waals surface area (Å²) in [4.78, 5) is 0. The molecule has 0 saturated carbocycles. The Morgan fingerprint density at radius 2 is 2.29 bits per heavy atom. The van der Waals surface area contributed by atoms with Crippen molar-refractivity contribution in [3.63, 3.8) is 0 Å². The maximum absolute atomic E-state index is 9.30. The average Bonchev–Trinajstić information content (AvgIpc) is 2.54. The largest absolute Gasteiger partial charge is 0.396 e. The van der Waals surface area contributed by atoms with Gasteiger partial charge in [-0.05, 0) is 18.2 Å². The van der Waals surface area contributed by atoms with Crippen LogP contribution in [0, 0.1) is 5.92 Å². The van der Waals surface area contributed by atoms with Crippen molar-refractivity contribution in [2.24, 2.45) is 5.92 Å². The van der Waals surface area contributed by atoms with Crippen LogP contribution in [0.3, 0.4) is 0 Å². The molecule has 0 bridgehead atoms. The highest BCUT2D eigenvalue weighted by molar-refractivity contribution is 9.10. The van der Waals surface area contributed by atoms with Gasteiger partial charge < -0.3 is 14.4 Å². The minimum Gasteiger partial charge on any atom is -0.396 e. The quantitative estimate of drug-likeness (QED) is 0.877. The lowest BCUT2D eigenvalue weighted by Crippen LogP contribution is -2.17. The van der Waals surface area contributed by atoms with Crippen molar-refractivity contribution in [1.29, 1.82) is 0 Å². The fourth-order valence-electron chi connectivity index (χ4n) is 2.37. The number of halogens is 1. The van der Waals surface area contributed by atoms with Crippen LogP contribution in [0.5, 0.6) is 0 Å². The van der Waals surface area contributed by atoms with Gasteiger partial charge in [-0.25, -0.2) is 0 Å². The summed E-state index contributed by atoms with van der Waals surface area (Å²) in [6.45, 7) is 2.26. The highest BCUT2D eigenvalue weighted by atomic mass is 79.9. The van der Waals surface area contributed by atoms with Gasteiger partial charge in [0.15, 0.2) is 0 Å². The standard InChI is InChI=1S/C13H14BrNO2/c14-11-2-1-10-3-12-8-17-7-9(6-16)5-15(12)13(10)4-11/h1-4,9,16H,5-8H2. The Bertz CT molecular complexity index is 550. The van der Waals surface area contributed by atoms with Gasteiger partial charge in [-0.3, -0.25) is 0 Å². The molecule has 0 amide bonds. The van der Waals surface area contributed by atoms with Crippen LogP contribution >= 0.6 is 15.9 Å². The second-order valence-corrected chi connectivity index (χ2v) is 5.43. The van der Waals surface area contributed by atoms with E-state index in [4.69, 9.17) is 4.74 Å². The summed E-state index contributed by atoms with van der Waals surface area (Å²) in [6.07, 6.45) is 0. The van der Waals surface area contributed by atoms with Gasteiger partial charge in [0.05, 0.1) is 13.2 Å². The van der Waals surface area contributed by atoms with Gasteiger partial charge in [0.2, 0.25) is 0 Å². The topological polar surface area (TPSA) is 34.4 Å². The van der Waals surface area contributed by atoms with Gasteiger partial charge in [0.25, 0.3) is 0 Å². The van der Waals surface area contributed by atoms with E-state index >= 15 is 0 Å². The molecule has 1 aromatic heterocycles. The molecule has 2 aromatic rings. The Balaban J connectivity index is 2.14. The molecule has 0 radical (unpaired) electrons. The fraction of sp³-hybridized carbons (Fsp3) is 0.385. The average molecular weight is 296 g/mol. The molecule has 17 heavy (non-hydrogen) atoms. The van der Waals surface area contributed by atoms with Gasteiger partial charge in [0.1, 0.15) is 0 Å². The van der Waals surface area contributed by atoms with E-state index in [1.165, 1.54) is 16.6 Å². The first-order valence-electron chi connectivity index (χ1n) is 5.74. The molecule has 1 aliphatic rings. The van der Waals surface area contributed by atoms with E-state index in [1.54, 1.807) is 0 Å². The van der Waals surface area contributed by atoms with E-state index in [0.29, 0.717) is 13.2 Å². The zero-order valence-corrected chi connectivity index (χ0v) is 11.0. The number of aliphatic hydroxyl groups is 1. The summed E-state index contributed by atoms with van der Waals surface area (Å²) in [5.74, 6) is 0.186. The molecule has 4 heteroatoms. The van der Waals surface area contributed by atoms with Crippen LogP contribution < -0.4 is 0 Å². The first kappa shape index (κ1) is 11.3. The molecule has 1 unspecified atom stereocenters. The van der Waals surface area contributed by atoms with E-state index in [2.05, 4.69) is 38.7 Å². The molecule has 1 atom stereocenters. The number of hydrogen-bond acceptors (Lipinski definition) is 2. The van der Waals surface area contributed by atoms with E-state index in [9.17, 15) is 5.11 Å². The molecule has 3 nitrogen and oxygen atoms in total. The Hall–Kier alpha value is -0.840. The number of aromatic nitrogens is 1. The number of benzene rings is 1. The Morgan fingerprint density at radius 1 is 1.41 bits per heavy atom. The maximum atomic E-state index is 9.30. The van der Waals surface area contributed by atoms with E-state index in [0.717, 1.165) is 11.0 Å². The highest BCUT2D eigenvalue weighted by Gasteiger charge is 2.18. The minimum atomic E-state index is 0.174. The van der Waals surface area contributed by atoms with E-state index in [1.807, 2.05) is 6.07 Å². The van der Waals surface area contributed by atoms with Crippen molar-refractivity contribution < 1.29 is 9.84 Å². The lowest BCUT2D eigenvalue weighted by Gasteiger charge is -2.12. The summed E-state index contributed by atoms with van der Waals surface area (Å²) in [7, 11) is 0. The molecule has 0 fully saturated rings. The Morgan fingerprint density at radius 3 is 3.12 bits per heavy atom. The Labute approximate surface area is 108 Å². The molecule has 1 aromatic carbocycles. The lowest BCUT2D eigenvalue weighted by molar-refractivity contribution is 0.0701. The third kappa shape index (κ3) is 2.01. The second-order valence-electron chi connectivity index (χ2n) is 4.51. The summed E-state index contributed by atoms with van der Waals surface area (Å²) in [5, 5.41) is 10.5. The molecule has 0 saturated heterocycles. The summed E-state index contributed by atoms with van der Waals surface area (Å²) in [6, 6.07) is 8.45. The second kappa shape index (κ2) is 4.44. The number of rotatable bonds is 1. The predicted octanol–water partition coefficient (Wildman–Crippen LogP) is 2.54. The zero-order valence-electron chi connectivity index (χ0n) is 9.40. The first-order chi connectivity index (χ1) is 8.28. The van der Waals surface area contributed by atoms with Crippen LogP contribution in [0.2, 0.25) is 0 Å².